The van der Waals surface area contributed by atoms with E-state index in [1.807, 2.05) is 31.2 Å². The SMILES string of the molecule is CCC(=O)C(CNC(CC)CC)c1ccc(Cl)cc1. The van der Waals surface area contributed by atoms with Gasteiger partial charge in [-0.25, -0.2) is 0 Å². The number of halogens is 1. The van der Waals surface area contributed by atoms with E-state index in [9.17, 15) is 4.79 Å². The van der Waals surface area contributed by atoms with Crippen molar-refractivity contribution in [3.63, 3.8) is 0 Å². The molecule has 0 saturated carbocycles. The molecule has 1 N–H and O–H groups in total. The first-order valence-corrected chi connectivity index (χ1v) is 7.51. The van der Waals surface area contributed by atoms with Crippen LogP contribution in [0.2, 0.25) is 5.02 Å². The summed E-state index contributed by atoms with van der Waals surface area (Å²) in [4.78, 5) is 12.1. The molecule has 106 valence electrons. The molecule has 1 atom stereocenters. The lowest BCUT2D eigenvalue weighted by atomic mass is 9.93. The zero-order valence-electron chi connectivity index (χ0n) is 12.1. The van der Waals surface area contributed by atoms with Crippen LogP contribution >= 0.6 is 11.6 Å². The molecule has 0 radical (unpaired) electrons. The third-order valence-corrected chi connectivity index (χ3v) is 3.86. The maximum atomic E-state index is 12.1. The number of benzene rings is 1. The number of hydrogen-bond acceptors (Lipinski definition) is 2. The third-order valence-electron chi connectivity index (χ3n) is 3.61. The first-order chi connectivity index (χ1) is 9.12. The van der Waals surface area contributed by atoms with Gasteiger partial charge in [0, 0.05) is 24.0 Å². The average Bonchev–Trinajstić information content (AvgIpc) is 2.44. The molecule has 0 aliphatic rings. The Bertz CT molecular complexity index is 384. The quantitative estimate of drug-likeness (QED) is 0.774. The molecule has 1 aromatic carbocycles. The van der Waals surface area contributed by atoms with Gasteiger partial charge in [-0.1, -0.05) is 44.5 Å². The normalized spacial score (nSPS) is 12.7. The average molecular weight is 282 g/mol. The fourth-order valence-corrected chi connectivity index (χ4v) is 2.35. The summed E-state index contributed by atoms with van der Waals surface area (Å²) >= 11 is 5.90. The molecule has 0 aromatic heterocycles. The predicted molar refractivity (Wildman–Crippen MR) is 81.9 cm³/mol. The number of Topliss-reactive ketones (excluding diaryl/α,β-unsaturated/α-hetero) is 1. The topological polar surface area (TPSA) is 29.1 Å². The predicted octanol–water partition coefficient (Wildman–Crippen LogP) is 4.18. The van der Waals surface area contributed by atoms with Gasteiger partial charge in [0.05, 0.1) is 5.92 Å². The van der Waals surface area contributed by atoms with Crippen LogP contribution in [-0.2, 0) is 4.79 Å². The van der Waals surface area contributed by atoms with Crippen molar-refractivity contribution in [3.05, 3.63) is 34.9 Å². The maximum Gasteiger partial charge on any atom is 0.141 e. The molecule has 2 nitrogen and oxygen atoms in total. The molecule has 0 aliphatic carbocycles. The van der Waals surface area contributed by atoms with Crippen molar-refractivity contribution in [2.24, 2.45) is 0 Å². The largest absolute Gasteiger partial charge is 0.313 e. The first-order valence-electron chi connectivity index (χ1n) is 7.13. The van der Waals surface area contributed by atoms with Gasteiger partial charge < -0.3 is 5.32 Å². The second kappa shape index (κ2) is 8.34. The van der Waals surface area contributed by atoms with E-state index in [0.717, 1.165) is 18.4 Å². The molecule has 0 amide bonds. The van der Waals surface area contributed by atoms with Gasteiger partial charge in [0.1, 0.15) is 5.78 Å². The van der Waals surface area contributed by atoms with Gasteiger partial charge in [0.25, 0.3) is 0 Å². The second-order valence-corrected chi connectivity index (χ2v) is 5.28. The van der Waals surface area contributed by atoms with E-state index in [0.29, 0.717) is 24.0 Å². The van der Waals surface area contributed by atoms with Crippen molar-refractivity contribution < 1.29 is 4.79 Å². The first kappa shape index (κ1) is 16.2. The summed E-state index contributed by atoms with van der Waals surface area (Å²) in [6.07, 6.45) is 2.74. The summed E-state index contributed by atoms with van der Waals surface area (Å²) in [5.74, 6) is 0.212. The highest BCUT2D eigenvalue weighted by Gasteiger charge is 2.19. The van der Waals surface area contributed by atoms with Gasteiger partial charge in [-0.2, -0.15) is 0 Å². The lowest BCUT2D eigenvalue weighted by molar-refractivity contribution is -0.120. The molecule has 0 heterocycles. The van der Waals surface area contributed by atoms with Crippen LogP contribution in [0.15, 0.2) is 24.3 Å². The van der Waals surface area contributed by atoms with Crippen LogP contribution in [0.4, 0.5) is 0 Å². The molecule has 1 rings (SSSR count). The lowest BCUT2D eigenvalue weighted by Crippen LogP contribution is -2.34. The summed E-state index contributed by atoms with van der Waals surface area (Å²) in [6, 6.07) is 8.09. The Kier molecular flexibility index (Phi) is 7.11. The van der Waals surface area contributed by atoms with Crippen molar-refractivity contribution in [3.8, 4) is 0 Å². The highest BCUT2D eigenvalue weighted by atomic mass is 35.5. The third kappa shape index (κ3) is 4.96. The van der Waals surface area contributed by atoms with Crippen molar-refractivity contribution in [2.45, 2.75) is 52.0 Å². The summed E-state index contributed by atoms with van der Waals surface area (Å²) in [5.41, 5.74) is 1.05. The van der Waals surface area contributed by atoms with E-state index in [1.54, 1.807) is 0 Å². The van der Waals surface area contributed by atoms with Crippen molar-refractivity contribution in [2.75, 3.05) is 6.54 Å². The minimum absolute atomic E-state index is 0.0668. The van der Waals surface area contributed by atoms with Gasteiger partial charge in [0.15, 0.2) is 0 Å². The highest BCUT2D eigenvalue weighted by Crippen LogP contribution is 2.20. The molecule has 19 heavy (non-hydrogen) atoms. The Morgan fingerprint density at radius 1 is 1.16 bits per heavy atom. The van der Waals surface area contributed by atoms with E-state index in [2.05, 4.69) is 19.2 Å². The van der Waals surface area contributed by atoms with Gasteiger partial charge >= 0.3 is 0 Å². The van der Waals surface area contributed by atoms with Gasteiger partial charge in [-0.15, -0.1) is 0 Å². The Balaban J connectivity index is 2.77. The molecular formula is C16H24ClNO. The van der Waals surface area contributed by atoms with E-state index in [4.69, 9.17) is 11.6 Å². The summed E-state index contributed by atoms with van der Waals surface area (Å²) < 4.78 is 0. The van der Waals surface area contributed by atoms with Gasteiger partial charge in [-0.05, 0) is 30.5 Å². The summed E-state index contributed by atoms with van der Waals surface area (Å²) in [7, 11) is 0. The molecular weight excluding hydrogens is 258 g/mol. The number of carbonyl (C=O) groups excluding carboxylic acids is 1. The summed E-state index contributed by atoms with van der Waals surface area (Å²) in [6.45, 7) is 6.96. The Labute approximate surface area is 121 Å². The lowest BCUT2D eigenvalue weighted by Gasteiger charge is -2.21. The molecule has 3 heteroatoms. The minimum atomic E-state index is -0.0668. The number of carbonyl (C=O) groups is 1. The van der Waals surface area contributed by atoms with E-state index < -0.39 is 0 Å². The van der Waals surface area contributed by atoms with Crippen molar-refractivity contribution in [1.29, 1.82) is 0 Å². The van der Waals surface area contributed by atoms with Crippen molar-refractivity contribution >= 4 is 17.4 Å². The van der Waals surface area contributed by atoms with E-state index >= 15 is 0 Å². The Hall–Kier alpha value is -0.860. The molecule has 0 saturated heterocycles. The van der Waals surface area contributed by atoms with Crippen LogP contribution < -0.4 is 5.32 Å². The van der Waals surface area contributed by atoms with Gasteiger partial charge in [-0.3, -0.25) is 4.79 Å². The summed E-state index contributed by atoms with van der Waals surface area (Å²) in [5, 5.41) is 4.20. The van der Waals surface area contributed by atoms with Crippen LogP contribution in [0, 0.1) is 0 Å². The number of rotatable bonds is 8. The molecule has 1 aromatic rings. The maximum absolute atomic E-state index is 12.1. The standard InChI is InChI=1S/C16H24ClNO/c1-4-14(5-2)18-11-15(16(19)6-3)12-7-9-13(17)10-8-12/h7-10,14-15,18H,4-6,11H2,1-3H3. The Morgan fingerprint density at radius 3 is 2.21 bits per heavy atom. The monoisotopic (exact) mass is 281 g/mol. The van der Waals surface area contributed by atoms with Crippen LogP contribution in [0.25, 0.3) is 0 Å². The highest BCUT2D eigenvalue weighted by molar-refractivity contribution is 6.30. The zero-order valence-corrected chi connectivity index (χ0v) is 12.8. The molecule has 0 fully saturated rings. The molecule has 0 aliphatic heterocycles. The molecule has 0 spiro atoms. The minimum Gasteiger partial charge on any atom is -0.313 e. The van der Waals surface area contributed by atoms with Crippen LogP contribution in [0.3, 0.4) is 0 Å². The molecule has 0 bridgehead atoms. The number of ketones is 1. The van der Waals surface area contributed by atoms with Gasteiger partial charge in [0.2, 0.25) is 0 Å². The number of nitrogens with one attached hydrogen (secondary N) is 1. The van der Waals surface area contributed by atoms with Crippen LogP contribution in [0.1, 0.15) is 51.5 Å². The molecule has 1 unspecified atom stereocenters. The van der Waals surface area contributed by atoms with E-state index in [-0.39, 0.29) is 11.7 Å². The zero-order chi connectivity index (χ0) is 14.3. The van der Waals surface area contributed by atoms with Crippen molar-refractivity contribution in [1.82, 2.24) is 5.32 Å². The van der Waals surface area contributed by atoms with E-state index in [1.165, 1.54) is 0 Å². The Morgan fingerprint density at radius 2 is 1.74 bits per heavy atom. The van der Waals surface area contributed by atoms with Crippen LogP contribution in [0.5, 0.6) is 0 Å². The second-order valence-electron chi connectivity index (χ2n) is 4.85. The van der Waals surface area contributed by atoms with Crippen LogP contribution in [-0.4, -0.2) is 18.4 Å². The fourth-order valence-electron chi connectivity index (χ4n) is 2.22. The number of hydrogen-bond donors (Lipinski definition) is 1. The smallest absolute Gasteiger partial charge is 0.141 e. The fraction of sp³-hybridized carbons (Fsp3) is 0.562.